The Morgan fingerprint density at radius 2 is 2.06 bits per heavy atom. The fraction of sp³-hybridized carbons (Fsp3) is 0.111. The molecule has 0 saturated heterocycles. The molecule has 1 aliphatic rings. The summed E-state index contributed by atoms with van der Waals surface area (Å²) >= 11 is 0. The number of nitrogens with one attached hydrogen (secondary N) is 2. The van der Waals surface area contributed by atoms with Crippen molar-refractivity contribution in [2.75, 3.05) is 5.32 Å². The first kappa shape index (κ1) is 10.6. The minimum atomic E-state index is -3.76. The molecular formula is C9H8N2O4S. The third kappa shape index (κ3) is 1.65. The van der Waals surface area contributed by atoms with Crippen LogP contribution in [0.25, 0.3) is 0 Å². The Kier molecular flexibility index (Phi) is 2.20. The molecule has 6 nitrogen and oxygen atoms in total. The van der Waals surface area contributed by atoms with Crippen LogP contribution in [-0.4, -0.2) is 20.2 Å². The van der Waals surface area contributed by atoms with Crippen LogP contribution in [0.15, 0.2) is 23.1 Å². The highest BCUT2D eigenvalue weighted by atomic mass is 32.2. The Bertz CT molecular complexity index is 592. The van der Waals surface area contributed by atoms with Crippen LogP contribution in [0.5, 0.6) is 0 Å². The quantitative estimate of drug-likeness (QED) is 0.727. The van der Waals surface area contributed by atoms with E-state index in [9.17, 15) is 18.0 Å². The molecule has 0 atom stereocenters. The molecule has 7 heteroatoms. The highest BCUT2D eigenvalue weighted by Crippen LogP contribution is 2.25. The topological polar surface area (TPSA) is 92.3 Å². The second-order valence-corrected chi connectivity index (χ2v) is 4.98. The van der Waals surface area contributed by atoms with Gasteiger partial charge in [-0.25, -0.2) is 13.1 Å². The summed E-state index contributed by atoms with van der Waals surface area (Å²) in [7, 11) is -3.76. The van der Waals surface area contributed by atoms with Gasteiger partial charge in [0.1, 0.15) is 4.90 Å². The number of amides is 2. The van der Waals surface area contributed by atoms with Crippen LogP contribution in [0.1, 0.15) is 17.3 Å². The molecule has 2 rings (SSSR count). The van der Waals surface area contributed by atoms with E-state index in [0.717, 1.165) is 0 Å². The summed E-state index contributed by atoms with van der Waals surface area (Å²) in [4.78, 5) is 21.9. The van der Waals surface area contributed by atoms with Crippen molar-refractivity contribution in [3.63, 3.8) is 0 Å². The molecule has 0 radical (unpaired) electrons. The second-order valence-electron chi connectivity index (χ2n) is 3.33. The first-order chi connectivity index (χ1) is 7.40. The molecular weight excluding hydrogens is 232 g/mol. The molecule has 0 unspecified atom stereocenters. The number of anilines is 1. The lowest BCUT2D eigenvalue weighted by molar-refractivity contribution is -0.114. The molecule has 0 fully saturated rings. The van der Waals surface area contributed by atoms with Gasteiger partial charge in [-0.1, -0.05) is 0 Å². The molecule has 0 bridgehead atoms. The van der Waals surface area contributed by atoms with Crippen molar-refractivity contribution in [1.82, 2.24) is 4.72 Å². The summed E-state index contributed by atoms with van der Waals surface area (Å²) in [6, 6.07) is 4.09. The summed E-state index contributed by atoms with van der Waals surface area (Å²) in [6.45, 7) is 1.31. The average molecular weight is 240 g/mol. The fourth-order valence-corrected chi connectivity index (χ4v) is 2.64. The number of sulfonamides is 1. The van der Waals surface area contributed by atoms with Gasteiger partial charge < -0.3 is 5.32 Å². The van der Waals surface area contributed by atoms with E-state index >= 15 is 0 Å². The van der Waals surface area contributed by atoms with Gasteiger partial charge in [0, 0.05) is 12.6 Å². The maximum absolute atomic E-state index is 11.5. The second kappa shape index (κ2) is 3.31. The molecule has 1 heterocycles. The SMILES string of the molecule is CC(=O)Nc1ccc2c(c1)S(=O)(=O)NC2=O. The zero-order valence-corrected chi connectivity index (χ0v) is 9.09. The smallest absolute Gasteiger partial charge is 0.266 e. The van der Waals surface area contributed by atoms with Crippen molar-refractivity contribution in [1.29, 1.82) is 0 Å². The van der Waals surface area contributed by atoms with Crippen LogP contribution in [0.4, 0.5) is 5.69 Å². The highest BCUT2D eigenvalue weighted by molar-refractivity contribution is 7.90. The minimum Gasteiger partial charge on any atom is -0.326 e. The highest BCUT2D eigenvalue weighted by Gasteiger charge is 2.32. The molecule has 1 aliphatic heterocycles. The van der Waals surface area contributed by atoms with E-state index in [1.807, 2.05) is 4.72 Å². The van der Waals surface area contributed by atoms with Crippen molar-refractivity contribution in [3.8, 4) is 0 Å². The largest absolute Gasteiger partial charge is 0.326 e. The summed E-state index contributed by atoms with van der Waals surface area (Å²) in [5.41, 5.74) is 0.431. The van der Waals surface area contributed by atoms with Crippen LogP contribution in [0.3, 0.4) is 0 Å². The third-order valence-electron chi connectivity index (χ3n) is 2.06. The van der Waals surface area contributed by atoms with E-state index in [2.05, 4.69) is 5.32 Å². The predicted octanol–water partition coefficient (Wildman–Crippen LogP) is 0.0771. The predicted molar refractivity (Wildman–Crippen MR) is 55.4 cm³/mol. The Morgan fingerprint density at radius 3 is 2.69 bits per heavy atom. The van der Waals surface area contributed by atoms with Crippen LogP contribution in [-0.2, 0) is 14.8 Å². The van der Waals surface area contributed by atoms with Gasteiger partial charge in [-0.05, 0) is 18.2 Å². The van der Waals surface area contributed by atoms with Crippen molar-refractivity contribution < 1.29 is 18.0 Å². The van der Waals surface area contributed by atoms with E-state index in [1.54, 1.807) is 0 Å². The molecule has 0 spiro atoms. The molecule has 1 aromatic carbocycles. The van der Waals surface area contributed by atoms with Crippen LogP contribution in [0, 0.1) is 0 Å². The number of fused-ring (bicyclic) bond motifs is 1. The molecule has 0 aromatic heterocycles. The van der Waals surface area contributed by atoms with Crippen LogP contribution < -0.4 is 10.0 Å². The maximum Gasteiger partial charge on any atom is 0.266 e. The lowest BCUT2D eigenvalue weighted by Crippen LogP contribution is -2.20. The van der Waals surface area contributed by atoms with E-state index in [1.165, 1.54) is 25.1 Å². The number of carbonyl (C=O) groups excluding carboxylic acids is 2. The van der Waals surface area contributed by atoms with E-state index in [4.69, 9.17) is 0 Å². The molecule has 16 heavy (non-hydrogen) atoms. The van der Waals surface area contributed by atoms with Gasteiger partial charge in [-0.3, -0.25) is 9.59 Å². The van der Waals surface area contributed by atoms with Crippen molar-refractivity contribution in [2.45, 2.75) is 11.8 Å². The third-order valence-corrected chi connectivity index (χ3v) is 3.43. The van der Waals surface area contributed by atoms with Crippen LogP contribution in [0.2, 0.25) is 0 Å². The maximum atomic E-state index is 11.5. The van der Waals surface area contributed by atoms with Gasteiger partial charge in [-0.2, -0.15) is 0 Å². The van der Waals surface area contributed by atoms with E-state index in [-0.39, 0.29) is 16.4 Å². The summed E-state index contributed by atoms with van der Waals surface area (Å²) in [5, 5.41) is 2.44. The Balaban J connectivity index is 2.55. The van der Waals surface area contributed by atoms with Crippen molar-refractivity contribution >= 4 is 27.5 Å². The zero-order valence-electron chi connectivity index (χ0n) is 8.27. The summed E-state index contributed by atoms with van der Waals surface area (Å²) in [6.07, 6.45) is 0. The first-order valence-electron chi connectivity index (χ1n) is 4.39. The van der Waals surface area contributed by atoms with Gasteiger partial charge in [-0.15, -0.1) is 0 Å². The number of hydrogen-bond donors (Lipinski definition) is 2. The summed E-state index contributed by atoms with van der Waals surface area (Å²) in [5.74, 6) is -0.959. The van der Waals surface area contributed by atoms with Gasteiger partial charge in [0.2, 0.25) is 5.91 Å². The van der Waals surface area contributed by atoms with Gasteiger partial charge >= 0.3 is 0 Å². The number of rotatable bonds is 1. The monoisotopic (exact) mass is 240 g/mol. The number of carbonyl (C=O) groups is 2. The van der Waals surface area contributed by atoms with Crippen molar-refractivity contribution in [2.24, 2.45) is 0 Å². The van der Waals surface area contributed by atoms with Gasteiger partial charge in [0.15, 0.2) is 0 Å². The normalized spacial score (nSPS) is 16.4. The number of benzene rings is 1. The fourth-order valence-electron chi connectivity index (χ4n) is 1.45. The van der Waals surface area contributed by atoms with Crippen LogP contribution >= 0.6 is 0 Å². The summed E-state index contributed by atoms with van der Waals surface area (Å²) < 4.78 is 24.8. The Hall–Kier alpha value is -1.89. The molecule has 2 amide bonds. The zero-order chi connectivity index (χ0) is 11.9. The van der Waals surface area contributed by atoms with Gasteiger partial charge in [0.05, 0.1) is 5.56 Å². The minimum absolute atomic E-state index is 0.0918. The molecule has 1 aromatic rings. The first-order valence-corrected chi connectivity index (χ1v) is 5.87. The molecule has 84 valence electrons. The van der Waals surface area contributed by atoms with E-state index < -0.39 is 15.9 Å². The standard InChI is InChI=1S/C9H8N2O4S/c1-5(12)10-6-2-3-7-8(4-6)16(14,15)11-9(7)13/h2-4H,1H3,(H,10,12)(H,11,13). The molecule has 0 saturated carbocycles. The Morgan fingerprint density at radius 1 is 1.38 bits per heavy atom. The Labute approximate surface area is 91.7 Å². The lowest BCUT2D eigenvalue weighted by atomic mass is 10.2. The van der Waals surface area contributed by atoms with Crippen molar-refractivity contribution in [3.05, 3.63) is 23.8 Å². The van der Waals surface area contributed by atoms with E-state index in [0.29, 0.717) is 5.69 Å². The molecule has 0 aliphatic carbocycles. The molecule has 2 N–H and O–H groups in total. The van der Waals surface area contributed by atoms with Gasteiger partial charge in [0.25, 0.3) is 15.9 Å². The number of hydrogen-bond acceptors (Lipinski definition) is 4. The lowest BCUT2D eigenvalue weighted by Gasteiger charge is -2.02. The average Bonchev–Trinajstić information content (AvgIpc) is 2.36.